The summed E-state index contributed by atoms with van der Waals surface area (Å²) >= 11 is 0. The second-order valence-electron chi connectivity index (χ2n) is 3.61. The molecule has 0 aliphatic heterocycles. The number of nitrogens with zero attached hydrogens (tertiary/aromatic N) is 2. The molecule has 0 radical (unpaired) electrons. The van der Waals surface area contributed by atoms with Crippen LogP contribution < -0.4 is 0 Å². The Bertz CT molecular complexity index is 553. The minimum atomic E-state index is -1.06. The molecule has 0 atom stereocenters. The average Bonchev–Trinajstić information content (AvgIpc) is 2.39. The van der Waals surface area contributed by atoms with Gasteiger partial charge >= 0.3 is 5.97 Å². The van der Waals surface area contributed by atoms with Crippen molar-refractivity contribution in [3.63, 3.8) is 0 Å². The summed E-state index contributed by atoms with van der Waals surface area (Å²) in [7, 11) is 0. The molecule has 1 aromatic heterocycles. The first-order valence-electron chi connectivity index (χ1n) is 5.36. The van der Waals surface area contributed by atoms with Gasteiger partial charge in [-0.25, -0.2) is 9.78 Å². The van der Waals surface area contributed by atoms with Crippen molar-refractivity contribution in [2.45, 2.75) is 13.3 Å². The third kappa shape index (κ3) is 2.30. The van der Waals surface area contributed by atoms with Crippen LogP contribution in [0.5, 0.6) is 0 Å². The van der Waals surface area contributed by atoms with Gasteiger partial charge in [-0.05, 0) is 12.0 Å². The Hall–Kier alpha value is -2.23. The van der Waals surface area contributed by atoms with E-state index in [1.165, 1.54) is 6.20 Å². The van der Waals surface area contributed by atoms with Crippen LogP contribution in [0.4, 0.5) is 0 Å². The third-order valence-corrected chi connectivity index (χ3v) is 2.53. The van der Waals surface area contributed by atoms with Crippen LogP contribution >= 0.6 is 0 Å². The Labute approximate surface area is 99.0 Å². The molecule has 0 saturated heterocycles. The molecule has 0 aliphatic rings. The highest BCUT2D eigenvalue weighted by Gasteiger charge is 2.09. The Morgan fingerprint density at radius 3 is 2.76 bits per heavy atom. The zero-order valence-corrected chi connectivity index (χ0v) is 9.42. The van der Waals surface area contributed by atoms with Crippen LogP contribution in [-0.4, -0.2) is 21.0 Å². The Morgan fingerprint density at radius 2 is 2.06 bits per heavy atom. The number of benzene rings is 1. The van der Waals surface area contributed by atoms with Crippen molar-refractivity contribution in [1.29, 1.82) is 0 Å². The van der Waals surface area contributed by atoms with Gasteiger partial charge in [0.15, 0.2) is 5.69 Å². The van der Waals surface area contributed by atoms with E-state index in [1.54, 1.807) is 6.20 Å². The van der Waals surface area contributed by atoms with E-state index in [9.17, 15) is 4.79 Å². The van der Waals surface area contributed by atoms with Gasteiger partial charge < -0.3 is 5.11 Å². The molecule has 1 heterocycles. The van der Waals surface area contributed by atoms with E-state index in [2.05, 4.69) is 9.97 Å². The number of carboxylic acids is 1. The van der Waals surface area contributed by atoms with Crippen LogP contribution in [0.15, 0.2) is 36.7 Å². The SMILES string of the molecule is CCc1ccccc1-c1cncc(C(=O)O)n1. The summed E-state index contributed by atoms with van der Waals surface area (Å²) in [6, 6.07) is 7.79. The first kappa shape index (κ1) is 11.3. The molecule has 2 rings (SSSR count). The topological polar surface area (TPSA) is 63.1 Å². The van der Waals surface area contributed by atoms with Crippen molar-refractivity contribution >= 4 is 5.97 Å². The summed E-state index contributed by atoms with van der Waals surface area (Å²) < 4.78 is 0. The molecule has 1 N–H and O–H groups in total. The van der Waals surface area contributed by atoms with Gasteiger partial charge in [-0.3, -0.25) is 4.98 Å². The molecule has 0 fully saturated rings. The smallest absolute Gasteiger partial charge is 0.356 e. The lowest BCUT2D eigenvalue weighted by molar-refractivity contribution is 0.0690. The fourth-order valence-electron chi connectivity index (χ4n) is 1.68. The van der Waals surface area contributed by atoms with E-state index in [1.807, 2.05) is 31.2 Å². The molecule has 0 saturated carbocycles. The van der Waals surface area contributed by atoms with Crippen LogP contribution in [0.3, 0.4) is 0 Å². The van der Waals surface area contributed by atoms with Crippen LogP contribution in [0.25, 0.3) is 11.3 Å². The number of carboxylic acid groups (broad SMARTS) is 1. The molecule has 4 heteroatoms. The first-order valence-corrected chi connectivity index (χ1v) is 5.36. The second-order valence-corrected chi connectivity index (χ2v) is 3.61. The van der Waals surface area contributed by atoms with Crippen LogP contribution in [0.1, 0.15) is 23.0 Å². The van der Waals surface area contributed by atoms with Crippen molar-refractivity contribution in [2.24, 2.45) is 0 Å². The molecule has 17 heavy (non-hydrogen) atoms. The van der Waals surface area contributed by atoms with Gasteiger partial charge in [0.05, 0.1) is 18.1 Å². The van der Waals surface area contributed by atoms with Crippen molar-refractivity contribution in [3.8, 4) is 11.3 Å². The standard InChI is InChI=1S/C13H12N2O2/c1-2-9-5-3-4-6-10(9)11-7-14-8-12(15-11)13(16)17/h3-8H,2H2,1H3,(H,16,17). The van der Waals surface area contributed by atoms with E-state index >= 15 is 0 Å². The minimum absolute atomic E-state index is 0.0339. The molecule has 0 spiro atoms. The third-order valence-electron chi connectivity index (χ3n) is 2.53. The maximum absolute atomic E-state index is 10.8. The molecule has 0 aliphatic carbocycles. The summed E-state index contributed by atoms with van der Waals surface area (Å²) in [4.78, 5) is 18.8. The zero-order chi connectivity index (χ0) is 12.3. The van der Waals surface area contributed by atoms with Crippen LogP contribution in [0, 0.1) is 0 Å². The van der Waals surface area contributed by atoms with Crippen LogP contribution in [-0.2, 0) is 6.42 Å². The number of carbonyl (C=O) groups is 1. The summed E-state index contributed by atoms with van der Waals surface area (Å²) in [5, 5.41) is 8.88. The highest BCUT2D eigenvalue weighted by Crippen LogP contribution is 2.21. The minimum Gasteiger partial charge on any atom is -0.476 e. The predicted octanol–water partition coefficient (Wildman–Crippen LogP) is 2.40. The molecule has 86 valence electrons. The molecule has 0 amide bonds. The lowest BCUT2D eigenvalue weighted by atomic mass is 10.0. The molecule has 1 aromatic carbocycles. The maximum Gasteiger partial charge on any atom is 0.356 e. The lowest BCUT2D eigenvalue weighted by Gasteiger charge is -2.06. The van der Waals surface area contributed by atoms with Gasteiger partial charge in [0.1, 0.15) is 0 Å². The monoisotopic (exact) mass is 228 g/mol. The number of hydrogen-bond donors (Lipinski definition) is 1. The summed E-state index contributed by atoms with van der Waals surface area (Å²) in [6.45, 7) is 2.05. The van der Waals surface area contributed by atoms with E-state index in [-0.39, 0.29) is 5.69 Å². The van der Waals surface area contributed by atoms with Crippen LogP contribution in [0.2, 0.25) is 0 Å². The Morgan fingerprint density at radius 1 is 1.29 bits per heavy atom. The summed E-state index contributed by atoms with van der Waals surface area (Å²) in [5.74, 6) is -1.06. The highest BCUT2D eigenvalue weighted by atomic mass is 16.4. The Kier molecular flexibility index (Phi) is 3.14. The first-order chi connectivity index (χ1) is 8.22. The lowest BCUT2D eigenvalue weighted by Crippen LogP contribution is -2.02. The largest absolute Gasteiger partial charge is 0.476 e. The number of rotatable bonds is 3. The van der Waals surface area contributed by atoms with E-state index in [4.69, 9.17) is 5.11 Å². The van der Waals surface area contributed by atoms with Gasteiger partial charge in [-0.2, -0.15) is 0 Å². The van der Waals surface area contributed by atoms with Gasteiger partial charge in [0.25, 0.3) is 0 Å². The molecule has 0 unspecified atom stereocenters. The van der Waals surface area contributed by atoms with Gasteiger partial charge in [0, 0.05) is 5.56 Å². The second kappa shape index (κ2) is 4.74. The number of aromatic nitrogens is 2. The average molecular weight is 228 g/mol. The van der Waals surface area contributed by atoms with E-state index < -0.39 is 5.97 Å². The summed E-state index contributed by atoms with van der Waals surface area (Å²) in [5.41, 5.74) is 2.63. The molecule has 0 bridgehead atoms. The molecular weight excluding hydrogens is 216 g/mol. The van der Waals surface area contributed by atoms with Crippen molar-refractivity contribution in [3.05, 3.63) is 47.9 Å². The highest BCUT2D eigenvalue weighted by molar-refractivity contribution is 5.85. The van der Waals surface area contributed by atoms with Gasteiger partial charge in [-0.1, -0.05) is 31.2 Å². The molecular formula is C13H12N2O2. The van der Waals surface area contributed by atoms with Crippen molar-refractivity contribution in [2.75, 3.05) is 0 Å². The molecule has 2 aromatic rings. The summed E-state index contributed by atoms with van der Waals surface area (Å²) in [6.07, 6.45) is 3.70. The van der Waals surface area contributed by atoms with Gasteiger partial charge in [-0.15, -0.1) is 0 Å². The van der Waals surface area contributed by atoms with E-state index in [0.29, 0.717) is 5.69 Å². The number of aryl methyl sites for hydroxylation is 1. The maximum atomic E-state index is 10.8. The van der Waals surface area contributed by atoms with Crippen molar-refractivity contribution in [1.82, 2.24) is 9.97 Å². The van der Waals surface area contributed by atoms with Crippen molar-refractivity contribution < 1.29 is 9.90 Å². The molecule has 4 nitrogen and oxygen atoms in total. The normalized spacial score (nSPS) is 10.2. The van der Waals surface area contributed by atoms with Gasteiger partial charge in [0.2, 0.25) is 0 Å². The number of hydrogen-bond acceptors (Lipinski definition) is 3. The zero-order valence-electron chi connectivity index (χ0n) is 9.42. The fourth-order valence-corrected chi connectivity index (χ4v) is 1.68. The Balaban J connectivity index is 2.52. The predicted molar refractivity (Wildman–Crippen MR) is 63.8 cm³/mol. The number of aromatic carboxylic acids is 1. The quantitative estimate of drug-likeness (QED) is 0.876. The fraction of sp³-hybridized carbons (Fsp3) is 0.154. The van der Waals surface area contributed by atoms with E-state index in [0.717, 1.165) is 17.5 Å².